The van der Waals surface area contributed by atoms with Crippen LogP contribution in [0.4, 0.5) is 0 Å². The summed E-state index contributed by atoms with van der Waals surface area (Å²) in [5.41, 5.74) is 7.06. The van der Waals surface area contributed by atoms with Crippen molar-refractivity contribution in [2.24, 2.45) is 5.73 Å². The Morgan fingerprint density at radius 2 is 2.31 bits per heavy atom. The SMILES string of the molecule is COC(=O)c1ccc2sc([C@H](C)N)nc2c1. The number of hydrogen-bond donors (Lipinski definition) is 1. The molecular weight excluding hydrogens is 224 g/mol. The van der Waals surface area contributed by atoms with Crippen LogP contribution < -0.4 is 5.73 Å². The number of nitrogens with zero attached hydrogens (tertiary/aromatic N) is 1. The van der Waals surface area contributed by atoms with Crippen molar-refractivity contribution in [3.8, 4) is 0 Å². The van der Waals surface area contributed by atoms with E-state index in [-0.39, 0.29) is 12.0 Å². The molecule has 84 valence electrons. The third-order valence-corrected chi connectivity index (χ3v) is 3.45. The van der Waals surface area contributed by atoms with Gasteiger partial charge in [-0.3, -0.25) is 0 Å². The molecule has 1 aromatic carbocycles. The second-order valence-electron chi connectivity index (χ2n) is 3.51. The summed E-state index contributed by atoms with van der Waals surface area (Å²) in [6.07, 6.45) is 0. The summed E-state index contributed by atoms with van der Waals surface area (Å²) in [4.78, 5) is 15.7. The molecule has 0 spiro atoms. The first kappa shape index (κ1) is 11.0. The van der Waals surface area contributed by atoms with Gasteiger partial charge in [-0.2, -0.15) is 0 Å². The van der Waals surface area contributed by atoms with Crippen molar-refractivity contribution in [1.29, 1.82) is 0 Å². The molecule has 2 aromatic rings. The molecule has 0 aliphatic heterocycles. The number of fused-ring (bicyclic) bond motifs is 1. The summed E-state index contributed by atoms with van der Waals surface area (Å²) in [5.74, 6) is -0.350. The van der Waals surface area contributed by atoms with Crippen molar-refractivity contribution < 1.29 is 9.53 Å². The van der Waals surface area contributed by atoms with Crippen LogP contribution in [0.3, 0.4) is 0 Å². The van der Waals surface area contributed by atoms with E-state index < -0.39 is 0 Å². The monoisotopic (exact) mass is 236 g/mol. The van der Waals surface area contributed by atoms with Crippen molar-refractivity contribution in [1.82, 2.24) is 4.98 Å². The number of aromatic nitrogens is 1. The van der Waals surface area contributed by atoms with Gasteiger partial charge in [0.25, 0.3) is 0 Å². The molecule has 0 saturated carbocycles. The lowest BCUT2D eigenvalue weighted by Gasteiger charge is -1.97. The molecule has 5 heteroatoms. The van der Waals surface area contributed by atoms with Crippen molar-refractivity contribution >= 4 is 27.5 Å². The maximum atomic E-state index is 11.3. The van der Waals surface area contributed by atoms with Crippen LogP contribution in [0.1, 0.15) is 28.3 Å². The normalized spacial score (nSPS) is 12.7. The van der Waals surface area contributed by atoms with Gasteiger partial charge in [0.2, 0.25) is 0 Å². The number of ether oxygens (including phenoxy) is 1. The summed E-state index contributed by atoms with van der Waals surface area (Å²) in [7, 11) is 1.36. The Balaban J connectivity index is 2.49. The second kappa shape index (κ2) is 4.19. The molecule has 1 aromatic heterocycles. The van der Waals surface area contributed by atoms with Gasteiger partial charge in [0, 0.05) is 0 Å². The Bertz CT molecular complexity index is 534. The highest BCUT2D eigenvalue weighted by Gasteiger charge is 2.11. The Labute approximate surface area is 97.0 Å². The smallest absolute Gasteiger partial charge is 0.337 e. The van der Waals surface area contributed by atoms with Gasteiger partial charge in [0.05, 0.1) is 28.9 Å². The molecule has 0 unspecified atom stereocenters. The molecule has 0 aliphatic rings. The Kier molecular flexibility index (Phi) is 2.89. The van der Waals surface area contributed by atoms with E-state index in [1.165, 1.54) is 7.11 Å². The number of nitrogens with two attached hydrogens (primary N) is 1. The lowest BCUT2D eigenvalue weighted by Crippen LogP contribution is -2.03. The third kappa shape index (κ3) is 1.91. The lowest BCUT2D eigenvalue weighted by atomic mass is 10.2. The molecule has 2 N–H and O–H groups in total. The molecule has 0 aliphatic carbocycles. The molecule has 0 saturated heterocycles. The largest absolute Gasteiger partial charge is 0.465 e. The van der Waals surface area contributed by atoms with Crippen LogP contribution in [-0.2, 0) is 4.74 Å². The average Bonchev–Trinajstić information content (AvgIpc) is 2.70. The predicted octanol–water partition coefficient (Wildman–Crippen LogP) is 2.10. The predicted molar refractivity (Wildman–Crippen MR) is 63.6 cm³/mol. The first-order chi connectivity index (χ1) is 7.61. The zero-order valence-electron chi connectivity index (χ0n) is 9.06. The van der Waals surface area contributed by atoms with Crippen LogP contribution in [0.5, 0.6) is 0 Å². The van der Waals surface area contributed by atoms with E-state index in [1.807, 2.05) is 13.0 Å². The van der Waals surface area contributed by atoms with Crippen molar-refractivity contribution in [2.45, 2.75) is 13.0 Å². The Morgan fingerprint density at radius 3 is 2.94 bits per heavy atom. The summed E-state index contributed by atoms with van der Waals surface area (Å²) in [5, 5.41) is 0.872. The minimum Gasteiger partial charge on any atom is -0.465 e. The van der Waals surface area contributed by atoms with Crippen molar-refractivity contribution in [3.05, 3.63) is 28.8 Å². The van der Waals surface area contributed by atoms with E-state index in [2.05, 4.69) is 9.72 Å². The van der Waals surface area contributed by atoms with Crippen LogP contribution in [0, 0.1) is 0 Å². The minimum absolute atomic E-state index is 0.0843. The number of carbonyl (C=O) groups excluding carboxylic acids is 1. The fourth-order valence-electron chi connectivity index (χ4n) is 1.38. The quantitative estimate of drug-likeness (QED) is 0.811. The Morgan fingerprint density at radius 1 is 1.56 bits per heavy atom. The van der Waals surface area contributed by atoms with Crippen LogP contribution in [0.15, 0.2) is 18.2 Å². The van der Waals surface area contributed by atoms with Crippen molar-refractivity contribution in [2.75, 3.05) is 7.11 Å². The van der Waals surface area contributed by atoms with E-state index in [1.54, 1.807) is 23.5 Å². The van der Waals surface area contributed by atoms with Gasteiger partial charge in [0.1, 0.15) is 5.01 Å². The van der Waals surface area contributed by atoms with Gasteiger partial charge >= 0.3 is 5.97 Å². The first-order valence-corrected chi connectivity index (χ1v) is 5.68. The van der Waals surface area contributed by atoms with Gasteiger partial charge in [-0.25, -0.2) is 9.78 Å². The fourth-order valence-corrected chi connectivity index (χ4v) is 2.29. The molecule has 0 fully saturated rings. The van der Waals surface area contributed by atoms with Gasteiger partial charge < -0.3 is 10.5 Å². The zero-order valence-corrected chi connectivity index (χ0v) is 9.88. The molecule has 4 nitrogen and oxygen atoms in total. The van der Waals surface area contributed by atoms with Gasteiger partial charge in [-0.15, -0.1) is 11.3 Å². The van der Waals surface area contributed by atoms with Crippen LogP contribution in [-0.4, -0.2) is 18.1 Å². The number of thiazole rings is 1. The number of carbonyl (C=O) groups is 1. The fraction of sp³-hybridized carbons (Fsp3) is 0.273. The standard InChI is InChI=1S/C11H12N2O2S/c1-6(12)10-13-8-5-7(11(14)15-2)3-4-9(8)16-10/h3-6H,12H2,1-2H3/t6-/m0/s1. The van der Waals surface area contributed by atoms with Gasteiger partial charge in [-0.05, 0) is 25.1 Å². The van der Waals surface area contributed by atoms with Gasteiger partial charge in [0.15, 0.2) is 0 Å². The lowest BCUT2D eigenvalue weighted by molar-refractivity contribution is 0.0601. The maximum absolute atomic E-state index is 11.3. The molecule has 16 heavy (non-hydrogen) atoms. The first-order valence-electron chi connectivity index (χ1n) is 4.86. The number of hydrogen-bond acceptors (Lipinski definition) is 5. The number of esters is 1. The van der Waals surface area contributed by atoms with E-state index >= 15 is 0 Å². The highest BCUT2D eigenvalue weighted by Crippen LogP contribution is 2.26. The molecule has 2 rings (SSSR count). The zero-order chi connectivity index (χ0) is 11.7. The van der Waals surface area contributed by atoms with Crippen molar-refractivity contribution in [3.63, 3.8) is 0 Å². The number of rotatable bonds is 2. The maximum Gasteiger partial charge on any atom is 0.337 e. The van der Waals surface area contributed by atoms with Crippen LogP contribution in [0.25, 0.3) is 10.2 Å². The average molecular weight is 236 g/mol. The third-order valence-electron chi connectivity index (χ3n) is 2.21. The van der Waals surface area contributed by atoms with E-state index in [4.69, 9.17) is 5.73 Å². The number of benzene rings is 1. The Hall–Kier alpha value is -1.46. The molecule has 1 heterocycles. The molecular formula is C11H12N2O2S. The highest BCUT2D eigenvalue weighted by molar-refractivity contribution is 7.18. The number of methoxy groups -OCH3 is 1. The summed E-state index contributed by atoms with van der Waals surface area (Å²) >= 11 is 1.55. The summed E-state index contributed by atoms with van der Waals surface area (Å²) < 4.78 is 5.68. The minimum atomic E-state index is -0.350. The summed E-state index contributed by atoms with van der Waals surface area (Å²) in [6.45, 7) is 1.89. The van der Waals surface area contributed by atoms with Crippen LogP contribution >= 0.6 is 11.3 Å². The van der Waals surface area contributed by atoms with E-state index in [0.29, 0.717) is 5.56 Å². The molecule has 0 radical (unpaired) electrons. The van der Waals surface area contributed by atoms with E-state index in [9.17, 15) is 4.79 Å². The van der Waals surface area contributed by atoms with E-state index in [0.717, 1.165) is 15.2 Å². The summed E-state index contributed by atoms with van der Waals surface area (Å²) in [6, 6.07) is 5.24. The van der Waals surface area contributed by atoms with Crippen LogP contribution in [0.2, 0.25) is 0 Å². The molecule has 0 bridgehead atoms. The highest BCUT2D eigenvalue weighted by atomic mass is 32.1. The van der Waals surface area contributed by atoms with Gasteiger partial charge in [-0.1, -0.05) is 0 Å². The molecule has 0 amide bonds. The second-order valence-corrected chi connectivity index (χ2v) is 4.58. The topological polar surface area (TPSA) is 65.2 Å². The molecule has 1 atom stereocenters.